The lowest BCUT2D eigenvalue weighted by atomic mass is 9.99. The first-order valence-electron chi connectivity index (χ1n) is 7.05. The molecule has 7 heteroatoms. The van der Waals surface area contributed by atoms with Gasteiger partial charge in [0.2, 0.25) is 0 Å². The summed E-state index contributed by atoms with van der Waals surface area (Å²) in [4.78, 5) is 0. The van der Waals surface area contributed by atoms with E-state index in [4.69, 9.17) is 10.5 Å². The third kappa shape index (κ3) is 3.88. The van der Waals surface area contributed by atoms with Crippen LogP contribution in [0.3, 0.4) is 0 Å². The van der Waals surface area contributed by atoms with E-state index >= 15 is 0 Å². The largest absolute Gasteiger partial charge is 0.381 e. The lowest BCUT2D eigenvalue weighted by molar-refractivity contribution is 0.107. The zero-order valence-electron chi connectivity index (χ0n) is 11.5. The Balaban J connectivity index is 1.85. The van der Waals surface area contributed by atoms with E-state index in [-0.39, 0.29) is 12.1 Å². The smallest absolute Gasteiger partial charge is 0.279 e. The number of piperidine rings is 1. The van der Waals surface area contributed by atoms with E-state index in [9.17, 15) is 8.42 Å². The van der Waals surface area contributed by atoms with Crippen LogP contribution in [0, 0.1) is 5.92 Å². The van der Waals surface area contributed by atoms with Gasteiger partial charge in [-0.15, -0.1) is 0 Å². The van der Waals surface area contributed by atoms with E-state index in [0.717, 1.165) is 32.1 Å². The molecule has 0 amide bonds. The van der Waals surface area contributed by atoms with E-state index < -0.39 is 10.2 Å². The number of nitrogens with one attached hydrogen (secondary N) is 1. The van der Waals surface area contributed by atoms with Crippen LogP contribution >= 0.6 is 0 Å². The van der Waals surface area contributed by atoms with Crippen molar-refractivity contribution < 1.29 is 13.2 Å². The minimum atomic E-state index is -3.34. The van der Waals surface area contributed by atoms with Crippen molar-refractivity contribution >= 4 is 10.2 Å². The quantitative estimate of drug-likeness (QED) is 0.750. The Morgan fingerprint density at radius 3 is 2.47 bits per heavy atom. The number of methoxy groups -OCH3 is 1. The summed E-state index contributed by atoms with van der Waals surface area (Å²) in [7, 11) is -1.66. The van der Waals surface area contributed by atoms with E-state index in [0.29, 0.717) is 25.6 Å². The van der Waals surface area contributed by atoms with Gasteiger partial charge >= 0.3 is 0 Å². The number of hydrogen-bond donors (Lipinski definition) is 2. The molecule has 1 saturated heterocycles. The van der Waals surface area contributed by atoms with Crippen LogP contribution in [0.5, 0.6) is 0 Å². The van der Waals surface area contributed by atoms with Crippen LogP contribution in [0.1, 0.15) is 32.1 Å². The average Bonchev–Trinajstić information content (AvgIpc) is 2.85. The molecule has 0 spiro atoms. The van der Waals surface area contributed by atoms with Crippen molar-refractivity contribution in [3.8, 4) is 0 Å². The molecule has 0 bridgehead atoms. The first-order valence-corrected chi connectivity index (χ1v) is 8.49. The molecule has 6 nitrogen and oxygen atoms in total. The summed E-state index contributed by atoms with van der Waals surface area (Å²) in [5.41, 5.74) is 5.62. The molecular formula is C12H25N3O3S. The molecule has 2 aliphatic rings. The van der Waals surface area contributed by atoms with Crippen molar-refractivity contribution in [1.82, 2.24) is 9.03 Å². The van der Waals surface area contributed by atoms with E-state index in [1.165, 1.54) is 0 Å². The molecular weight excluding hydrogens is 266 g/mol. The van der Waals surface area contributed by atoms with Gasteiger partial charge in [-0.25, -0.2) is 0 Å². The molecule has 0 aromatic heterocycles. The Hall–Kier alpha value is -0.210. The molecule has 2 atom stereocenters. The highest BCUT2D eigenvalue weighted by Crippen LogP contribution is 2.23. The second kappa shape index (κ2) is 6.49. The Morgan fingerprint density at radius 2 is 1.95 bits per heavy atom. The third-order valence-corrected chi connectivity index (χ3v) is 5.96. The molecule has 0 aromatic rings. The summed E-state index contributed by atoms with van der Waals surface area (Å²) in [6, 6.07) is 0.0159. The van der Waals surface area contributed by atoms with Crippen molar-refractivity contribution in [2.24, 2.45) is 11.7 Å². The number of nitrogens with zero attached hydrogens (tertiary/aromatic N) is 1. The highest BCUT2D eigenvalue weighted by molar-refractivity contribution is 7.87. The molecule has 1 aliphatic carbocycles. The van der Waals surface area contributed by atoms with Gasteiger partial charge in [-0.1, -0.05) is 0 Å². The fraction of sp³-hybridized carbons (Fsp3) is 1.00. The Bertz CT molecular complexity index is 380. The molecule has 1 aliphatic heterocycles. The minimum absolute atomic E-state index is 0.0159. The third-order valence-electron chi connectivity index (χ3n) is 4.28. The predicted octanol–water partition coefficient (Wildman–Crippen LogP) is 0.0590. The van der Waals surface area contributed by atoms with Gasteiger partial charge in [0.1, 0.15) is 0 Å². The zero-order chi connectivity index (χ0) is 13.9. The van der Waals surface area contributed by atoms with Crippen LogP contribution in [0.25, 0.3) is 0 Å². The van der Waals surface area contributed by atoms with Gasteiger partial charge in [0.25, 0.3) is 10.2 Å². The van der Waals surface area contributed by atoms with Gasteiger partial charge in [-0.3, -0.25) is 0 Å². The average molecular weight is 291 g/mol. The zero-order valence-corrected chi connectivity index (χ0v) is 12.4. The Kier molecular flexibility index (Phi) is 5.19. The fourth-order valence-electron chi connectivity index (χ4n) is 2.93. The summed E-state index contributed by atoms with van der Waals surface area (Å²) in [6.07, 6.45) is 4.48. The molecule has 1 heterocycles. The first-order chi connectivity index (χ1) is 9.05. The number of nitrogens with two attached hydrogens (primary N) is 1. The van der Waals surface area contributed by atoms with Crippen molar-refractivity contribution in [2.45, 2.75) is 44.2 Å². The van der Waals surface area contributed by atoms with Crippen LogP contribution in [0.2, 0.25) is 0 Å². The fourth-order valence-corrected chi connectivity index (χ4v) is 4.41. The van der Waals surface area contributed by atoms with Crippen molar-refractivity contribution in [1.29, 1.82) is 0 Å². The molecule has 0 aromatic carbocycles. The maximum atomic E-state index is 12.3. The molecule has 112 valence electrons. The summed E-state index contributed by atoms with van der Waals surface area (Å²) < 4.78 is 34.2. The molecule has 3 N–H and O–H groups in total. The van der Waals surface area contributed by atoms with Gasteiger partial charge in [-0.2, -0.15) is 17.4 Å². The maximum Gasteiger partial charge on any atom is 0.279 e. The number of rotatable bonds is 5. The van der Waals surface area contributed by atoms with Crippen LogP contribution in [-0.2, 0) is 14.9 Å². The molecule has 2 fully saturated rings. The summed E-state index contributed by atoms with van der Waals surface area (Å²) in [5.74, 6) is 0.468. The summed E-state index contributed by atoms with van der Waals surface area (Å²) >= 11 is 0. The van der Waals surface area contributed by atoms with Gasteiger partial charge in [0.05, 0.1) is 6.10 Å². The highest BCUT2D eigenvalue weighted by Gasteiger charge is 2.32. The van der Waals surface area contributed by atoms with E-state index in [2.05, 4.69) is 4.72 Å². The Morgan fingerprint density at radius 1 is 1.26 bits per heavy atom. The molecule has 19 heavy (non-hydrogen) atoms. The summed E-state index contributed by atoms with van der Waals surface area (Å²) in [5, 5.41) is 0. The van der Waals surface area contributed by atoms with Gasteiger partial charge in [0, 0.05) is 26.2 Å². The standard InChI is InChI=1S/C12H25N3O3S/c1-18-12-3-2-11(8-12)14-19(16,17)15-6-4-10(9-13)5-7-15/h10-12,14H,2-9,13H2,1H3. The van der Waals surface area contributed by atoms with Crippen LogP contribution in [-0.4, -0.2) is 51.6 Å². The molecule has 0 radical (unpaired) electrons. The Labute approximate surface area is 115 Å². The first kappa shape index (κ1) is 15.2. The maximum absolute atomic E-state index is 12.3. The van der Waals surface area contributed by atoms with Crippen LogP contribution < -0.4 is 10.5 Å². The van der Waals surface area contributed by atoms with Crippen LogP contribution in [0.15, 0.2) is 0 Å². The highest BCUT2D eigenvalue weighted by atomic mass is 32.2. The number of ether oxygens (including phenoxy) is 1. The van der Waals surface area contributed by atoms with Crippen LogP contribution in [0.4, 0.5) is 0 Å². The van der Waals surface area contributed by atoms with E-state index in [1.54, 1.807) is 11.4 Å². The monoisotopic (exact) mass is 291 g/mol. The minimum Gasteiger partial charge on any atom is -0.381 e. The van der Waals surface area contributed by atoms with Crippen molar-refractivity contribution in [3.05, 3.63) is 0 Å². The van der Waals surface area contributed by atoms with Crippen molar-refractivity contribution in [2.75, 3.05) is 26.7 Å². The van der Waals surface area contributed by atoms with Gasteiger partial charge in [0.15, 0.2) is 0 Å². The molecule has 2 rings (SSSR count). The van der Waals surface area contributed by atoms with E-state index in [1.807, 2.05) is 0 Å². The normalized spacial score (nSPS) is 30.8. The summed E-state index contributed by atoms with van der Waals surface area (Å²) in [6.45, 7) is 1.81. The predicted molar refractivity (Wildman–Crippen MR) is 73.8 cm³/mol. The lowest BCUT2D eigenvalue weighted by Gasteiger charge is -2.31. The lowest BCUT2D eigenvalue weighted by Crippen LogP contribution is -2.48. The van der Waals surface area contributed by atoms with Gasteiger partial charge in [-0.05, 0) is 44.6 Å². The van der Waals surface area contributed by atoms with Crippen molar-refractivity contribution in [3.63, 3.8) is 0 Å². The second-order valence-corrected chi connectivity index (χ2v) is 7.27. The molecule has 1 saturated carbocycles. The molecule has 2 unspecified atom stereocenters. The SMILES string of the molecule is COC1CCC(NS(=O)(=O)N2CCC(CN)CC2)C1. The van der Waals surface area contributed by atoms with Gasteiger partial charge < -0.3 is 10.5 Å². The second-order valence-electron chi connectivity index (χ2n) is 5.57. The topological polar surface area (TPSA) is 84.7 Å². The number of hydrogen-bond acceptors (Lipinski definition) is 4.